The smallest absolute Gasteiger partial charge is 0.163 e. The third-order valence-corrected chi connectivity index (χ3v) is 2.51. The van der Waals surface area contributed by atoms with E-state index < -0.39 is 5.79 Å². The molecule has 0 aliphatic heterocycles. The summed E-state index contributed by atoms with van der Waals surface area (Å²) in [7, 11) is 1.60. The number of rotatable bonds is 4. The fourth-order valence-corrected chi connectivity index (χ4v) is 1.45. The van der Waals surface area contributed by atoms with Gasteiger partial charge in [-0.15, -0.1) is 0 Å². The molecule has 0 fully saturated rings. The molecule has 0 amide bonds. The quantitative estimate of drug-likeness (QED) is 0.732. The Labute approximate surface area is 96.2 Å². The van der Waals surface area contributed by atoms with Crippen molar-refractivity contribution in [2.24, 2.45) is 0 Å². The molecule has 0 spiro atoms. The van der Waals surface area contributed by atoms with E-state index in [2.05, 4.69) is 6.92 Å². The molecule has 0 saturated carbocycles. The summed E-state index contributed by atoms with van der Waals surface area (Å²) in [4.78, 5) is 0. The van der Waals surface area contributed by atoms with Crippen LogP contribution in [-0.2, 0) is 9.47 Å². The first kappa shape index (κ1) is 12.5. The van der Waals surface area contributed by atoms with Gasteiger partial charge in [-0.25, -0.2) is 0 Å². The molecule has 0 aliphatic rings. The highest BCUT2D eigenvalue weighted by Gasteiger charge is 2.22. The fraction of sp³-hybridized carbons (Fsp3) is 0.417. The molecular formula is C12H16ClO2. The van der Waals surface area contributed by atoms with Gasteiger partial charge < -0.3 is 9.47 Å². The van der Waals surface area contributed by atoms with Crippen LogP contribution < -0.4 is 0 Å². The maximum Gasteiger partial charge on any atom is 0.163 e. The average Bonchev–Trinajstić information content (AvgIpc) is 2.17. The van der Waals surface area contributed by atoms with Gasteiger partial charge in [-0.05, 0) is 32.4 Å². The van der Waals surface area contributed by atoms with Gasteiger partial charge in [0.1, 0.15) is 0 Å². The Kier molecular flexibility index (Phi) is 4.14. The standard InChI is InChI=1S/C12H16ClO2/c1-9(15-12(2,3)14-4)10-7-5-6-8-11(10)13/h5-9H,1H2,2-4H3/t9-/m0/s1. The Hall–Kier alpha value is -0.570. The molecule has 0 aromatic heterocycles. The van der Waals surface area contributed by atoms with Crippen molar-refractivity contribution in [2.45, 2.75) is 25.7 Å². The summed E-state index contributed by atoms with van der Waals surface area (Å²) in [6.45, 7) is 7.59. The Morgan fingerprint density at radius 1 is 1.33 bits per heavy atom. The molecule has 15 heavy (non-hydrogen) atoms. The molecule has 1 atom stereocenters. The average molecular weight is 228 g/mol. The number of halogens is 1. The summed E-state index contributed by atoms with van der Waals surface area (Å²) in [5, 5.41) is 0.657. The number of hydrogen-bond donors (Lipinski definition) is 0. The molecule has 1 aromatic carbocycles. The van der Waals surface area contributed by atoms with Crippen LogP contribution in [0.4, 0.5) is 0 Å². The fourth-order valence-electron chi connectivity index (χ4n) is 1.19. The molecule has 0 saturated heterocycles. The first-order chi connectivity index (χ1) is 6.96. The molecule has 0 N–H and O–H groups in total. The highest BCUT2D eigenvalue weighted by Crippen LogP contribution is 2.28. The van der Waals surface area contributed by atoms with E-state index in [0.29, 0.717) is 5.02 Å². The van der Waals surface area contributed by atoms with Crippen LogP contribution in [0.1, 0.15) is 25.5 Å². The van der Waals surface area contributed by atoms with E-state index in [-0.39, 0.29) is 6.10 Å². The van der Waals surface area contributed by atoms with Gasteiger partial charge in [-0.2, -0.15) is 0 Å². The zero-order chi connectivity index (χ0) is 11.5. The maximum absolute atomic E-state index is 6.03. The molecule has 1 radical (unpaired) electrons. The first-order valence-corrected chi connectivity index (χ1v) is 5.14. The molecule has 0 aliphatic carbocycles. The van der Waals surface area contributed by atoms with Crippen molar-refractivity contribution >= 4 is 11.6 Å². The molecule has 2 nitrogen and oxygen atoms in total. The van der Waals surface area contributed by atoms with E-state index in [1.165, 1.54) is 0 Å². The van der Waals surface area contributed by atoms with Crippen LogP contribution in [0.25, 0.3) is 0 Å². The summed E-state index contributed by atoms with van der Waals surface area (Å²) in [5.74, 6) is -0.661. The lowest BCUT2D eigenvalue weighted by molar-refractivity contribution is -0.216. The van der Waals surface area contributed by atoms with Gasteiger partial charge in [0.25, 0.3) is 0 Å². The molecule has 0 bridgehead atoms. The topological polar surface area (TPSA) is 18.5 Å². The molecule has 83 valence electrons. The minimum atomic E-state index is -0.661. The minimum absolute atomic E-state index is 0.339. The second-order valence-electron chi connectivity index (χ2n) is 3.73. The van der Waals surface area contributed by atoms with Crippen molar-refractivity contribution < 1.29 is 9.47 Å². The number of benzene rings is 1. The van der Waals surface area contributed by atoms with Gasteiger partial charge in [-0.3, -0.25) is 0 Å². The summed E-state index contributed by atoms with van der Waals surface area (Å²) in [6.07, 6.45) is -0.339. The van der Waals surface area contributed by atoms with Gasteiger partial charge in [-0.1, -0.05) is 29.8 Å². The van der Waals surface area contributed by atoms with Gasteiger partial charge in [0.2, 0.25) is 0 Å². The zero-order valence-electron chi connectivity index (χ0n) is 9.29. The van der Waals surface area contributed by atoms with E-state index in [4.69, 9.17) is 21.1 Å². The normalized spacial score (nSPS) is 13.9. The largest absolute Gasteiger partial charge is 0.354 e. The summed E-state index contributed by atoms with van der Waals surface area (Å²) in [5.41, 5.74) is 0.865. The monoisotopic (exact) mass is 227 g/mol. The predicted octanol–water partition coefficient (Wildman–Crippen LogP) is 3.61. The van der Waals surface area contributed by atoms with Crippen LogP contribution in [0.3, 0.4) is 0 Å². The molecule has 1 rings (SSSR count). The Morgan fingerprint density at radius 2 is 1.93 bits per heavy atom. The van der Waals surface area contributed by atoms with Gasteiger partial charge in [0.05, 0.1) is 6.10 Å². The lowest BCUT2D eigenvalue weighted by Crippen LogP contribution is -2.28. The molecular weight excluding hydrogens is 212 g/mol. The summed E-state index contributed by atoms with van der Waals surface area (Å²) >= 11 is 6.03. The molecule has 1 aromatic rings. The van der Waals surface area contributed by atoms with Crippen LogP contribution in [0.15, 0.2) is 24.3 Å². The molecule has 0 unspecified atom stereocenters. The SMILES string of the molecule is [CH2][C@H](OC(C)(C)OC)c1ccccc1Cl. The van der Waals surface area contributed by atoms with Crippen molar-refractivity contribution in [3.63, 3.8) is 0 Å². The number of hydrogen-bond acceptors (Lipinski definition) is 2. The van der Waals surface area contributed by atoms with Crippen molar-refractivity contribution in [1.29, 1.82) is 0 Å². The van der Waals surface area contributed by atoms with Crippen LogP contribution in [0.5, 0.6) is 0 Å². The molecule has 3 heteroatoms. The number of ether oxygens (including phenoxy) is 2. The summed E-state index contributed by atoms with van der Waals surface area (Å²) in [6, 6.07) is 7.49. The Bertz CT molecular complexity index is 323. The highest BCUT2D eigenvalue weighted by molar-refractivity contribution is 6.31. The third-order valence-electron chi connectivity index (χ3n) is 2.17. The van der Waals surface area contributed by atoms with Crippen LogP contribution in [0, 0.1) is 6.92 Å². The van der Waals surface area contributed by atoms with Crippen LogP contribution >= 0.6 is 11.6 Å². The minimum Gasteiger partial charge on any atom is -0.354 e. The van der Waals surface area contributed by atoms with E-state index in [1.54, 1.807) is 7.11 Å². The van der Waals surface area contributed by atoms with Crippen molar-refractivity contribution in [3.8, 4) is 0 Å². The van der Waals surface area contributed by atoms with E-state index >= 15 is 0 Å². The van der Waals surface area contributed by atoms with Crippen LogP contribution in [-0.4, -0.2) is 12.9 Å². The lowest BCUT2D eigenvalue weighted by atomic mass is 10.1. The zero-order valence-corrected chi connectivity index (χ0v) is 10.0. The maximum atomic E-state index is 6.03. The van der Waals surface area contributed by atoms with Crippen molar-refractivity contribution in [2.75, 3.05) is 7.11 Å². The highest BCUT2D eigenvalue weighted by atomic mass is 35.5. The van der Waals surface area contributed by atoms with Gasteiger partial charge in [0.15, 0.2) is 5.79 Å². The van der Waals surface area contributed by atoms with E-state index in [1.807, 2.05) is 38.1 Å². The Balaban J connectivity index is 2.78. The van der Waals surface area contributed by atoms with Gasteiger partial charge >= 0.3 is 0 Å². The number of methoxy groups -OCH3 is 1. The van der Waals surface area contributed by atoms with E-state index in [0.717, 1.165) is 5.56 Å². The van der Waals surface area contributed by atoms with E-state index in [9.17, 15) is 0 Å². The Morgan fingerprint density at radius 3 is 2.47 bits per heavy atom. The third kappa shape index (κ3) is 3.49. The van der Waals surface area contributed by atoms with Crippen LogP contribution in [0.2, 0.25) is 5.02 Å². The van der Waals surface area contributed by atoms with Crippen molar-refractivity contribution in [3.05, 3.63) is 41.8 Å². The second-order valence-corrected chi connectivity index (χ2v) is 4.14. The first-order valence-electron chi connectivity index (χ1n) is 4.77. The van der Waals surface area contributed by atoms with Crippen molar-refractivity contribution in [1.82, 2.24) is 0 Å². The molecule has 0 heterocycles. The second kappa shape index (κ2) is 4.97. The lowest BCUT2D eigenvalue weighted by Gasteiger charge is -2.28. The van der Waals surface area contributed by atoms with Gasteiger partial charge in [0, 0.05) is 12.1 Å². The summed E-state index contributed by atoms with van der Waals surface area (Å²) < 4.78 is 10.8. The predicted molar refractivity (Wildman–Crippen MR) is 61.7 cm³/mol.